The Balaban J connectivity index is 3.67. The number of hydrogen-bond donors (Lipinski definition) is 1. The van der Waals surface area contributed by atoms with Crippen LogP contribution < -0.4 is 5.32 Å². The van der Waals surface area contributed by atoms with Crippen molar-refractivity contribution >= 4 is 0 Å². The highest BCUT2D eigenvalue weighted by Crippen LogP contribution is 2.07. The van der Waals surface area contributed by atoms with E-state index in [1.807, 2.05) is 0 Å². The second kappa shape index (κ2) is 4.83. The highest BCUT2D eigenvalue weighted by Gasteiger charge is 2.17. The lowest BCUT2D eigenvalue weighted by atomic mass is 10.0. The van der Waals surface area contributed by atoms with Gasteiger partial charge in [-0.25, -0.2) is 0 Å². The highest BCUT2D eigenvalue weighted by atomic mass is 16.5. The number of nitrogens with one attached hydrogen (secondary N) is 1. The summed E-state index contributed by atoms with van der Waals surface area (Å²) in [4.78, 5) is 0. The van der Waals surface area contributed by atoms with Crippen molar-refractivity contribution in [2.24, 2.45) is 5.92 Å². The van der Waals surface area contributed by atoms with Gasteiger partial charge in [-0.3, -0.25) is 0 Å². The molecule has 1 N–H and O–H groups in total. The van der Waals surface area contributed by atoms with E-state index < -0.39 is 0 Å². The topological polar surface area (TPSA) is 21.3 Å². The van der Waals surface area contributed by atoms with Gasteiger partial charge in [-0.2, -0.15) is 0 Å². The molecular weight excluding hydrogens is 150 g/mol. The smallest absolute Gasteiger partial charge is 0.0746 e. The van der Waals surface area contributed by atoms with Gasteiger partial charge in [0.15, 0.2) is 0 Å². The molecule has 0 aromatic heterocycles. The molecule has 0 aromatic carbocycles. The zero-order chi connectivity index (χ0) is 9.78. The molecule has 74 valence electrons. The van der Waals surface area contributed by atoms with Gasteiger partial charge in [0.25, 0.3) is 0 Å². The SMILES string of the molecule is COC(C)(C)CNC(C)C(C)C. The van der Waals surface area contributed by atoms with Crippen LogP contribution in [0.4, 0.5) is 0 Å². The summed E-state index contributed by atoms with van der Waals surface area (Å²) in [5.41, 5.74) is -0.0524. The van der Waals surface area contributed by atoms with Crippen LogP contribution in [0.25, 0.3) is 0 Å². The van der Waals surface area contributed by atoms with Crippen LogP contribution in [0.5, 0.6) is 0 Å². The summed E-state index contributed by atoms with van der Waals surface area (Å²) in [5, 5.41) is 3.45. The monoisotopic (exact) mass is 173 g/mol. The second-order valence-electron chi connectivity index (χ2n) is 4.38. The molecule has 0 rings (SSSR count). The Morgan fingerprint density at radius 3 is 2.08 bits per heavy atom. The molecular formula is C10H23NO. The zero-order valence-electron chi connectivity index (χ0n) is 9.27. The standard InChI is InChI=1S/C10H23NO/c1-8(2)9(3)11-7-10(4,5)12-6/h8-9,11H,7H2,1-6H3. The van der Waals surface area contributed by atoms with E-state index in [9.17, 15) is 0 Å². The Kier molecular flexibility index (Phi) is 4.80. The lowest BCUT2D eigenvalue weighted by molar-refractivity contribution is 0.0204. The molecule has 0 aliphatic carbocycles. The summed E-state index contributed by atoms with van der Waals surface area (Å²) >= 11 is 0. The lowest BCUT2D eigenvalue weighted by Crippen LogP contribution is -2.42. The van der Waals surface area contributed by atoms with Gasteiger partial charge < -0.3 is 10.1 Å². The summed E-state index contributed by atoms with van der Waals surface area (Å²) in [6.45, 7) is 11.7. The van der Waals surface area contributed by atoms with Crippen molar-refractivity contribution in [2.75, 3.05) is 13.7 Å². The van der Waals surface area contributed by atoms with Crippen LogP contribution in [0.1, 0.15) is 34.6 Å². The highest BCUT2D eigenvalue weighted by molar-refractivity contribution is 4.74. The Morgan fingerprint density at radius 2 is 1.75 bits per heavy atom. The van der Waals surface area contributed by atoms with E-state index in [2.05, 4.69) is 39.9 Å². The van der Waals surface area contributed by atoms with Crippen LogP contribution in [0, 0.1) is 5.92 Å². The molecule has 0 aromatic rings. The van der Waals surface area contributed by atoms with E-state index in [-0.39, 0.29) is 5.60 Å². The summed E-state index contributed by atoms with van der Waals surface area (Å²) in [7, 11) is 1.75. The van der Waals surface area contributed by atoms with Crippen molar-refractivity contribution < 1.29 is 4.74 Å². The summed E-state index contributed by atoms with van der Waals surface area (Å²) in [6, 6.07) is 0.555. The Labute approximate surface area is 76.7 Å². The molecule has 0 saturated heterocycles. The number of hydrogen-bond acceptors (Lipinski definition) is 2. The molecule has 1 unspecified atom stereocenters. The Morgan fingerprint density at radius 1 is 1.25 bits per heavy atom. The first-order chi connectivity index (χ1) is 5.39. The number of ether oxygens (including phenoxy) is 1. The molecule has 1 atom stereocenters. The maximum Gasteiger partial charge on any atom is 0.0746 e. The van der Waals surface area contributed by atoms with Gasteiger partial charge in [-0.15, -0.1) is 0 Å². The van der Waals surface area contributed by atoms with Crippen LogP contribution in [0.2, 0.25) is 0 Å². The van der Waals surface area contributed by atoms with Gasteiger partial charge >= 0.3 is 0 Å². The molecule has 0 aliphatic rings. The third-order valence-electron chi connectivity index (χ3n) is 2.40. The third-order valence-corrected chi connectivity index (χ3v) is 2.40. The van der Waals surface area contributed by atoms with Crippen molar-refractivity contribution in [1.29, 1.82) is 0 Å². The fourth-order valence-corrected chi connectivity index (χ4v) is 0.715. The fraction of sp³-hybridized carbons (Fsp3) is 1.00. The van der Waals surface area contributed by atoms with Gasteiger partial charge in [0.2, 0.25) is 0 Å². The fourth-order valence-electron chi connectivity index (χ4n) is 0.715. The summed E-state index contributed by atoms with van der Waals surface area (Å²) < 4.78 is 5.31. The first-order valence-electron chi connectivity index (χ1n) is 4.67. The van der Waals surface area contributed by atoms with Crippen LogP contribution >= 0.6 is 0 Å². The van der Waals surface area contributed by atoms with E-state index >= 15 is 0 Å². The predicted octanol–water partition coefficient (Wildman–Crippen LogP) is 2.05. The van der Waals surface area contributed by atoms with E-state index in [1.165, 1.54) is 0 Å². The van der Waals surface area contributed by atoms with Crippen LogP contribution in [0.3, 0.4) is 0 Å². The van der Waals surface area contributed by atoms with Crippen molar-refractivity contribution in [3.63, 3.8) is 0 Å². The third kappa shape index (κ3) is 4.73. The van der Waals surface area contributed by atoms with E-state index in [0.29, 0.717) is 12.0 Å². The molecule has 12 heavy (non-hydrogen) atoms. The van der Waals surface area contributed by atoms with Crippen LogP contribution in [0.15, 0.2) is 0 Å². The molecule has 0 aliphatic heterocycles. The van der Waals surface area contributed by atoms with Gasteiger partial charge in [0.1, 0.15) is 0 Å². The van der Waals surface area contributed by atoms with Crippen molar-refractivity contribution in [3.8, 4) is 0 Å². The average Bonchev–Trinajstić information content (AvgIpc) is 2.00. The molecule has 0 spiro atoms. The molecule has 0 amide bonds. The van der Waals surface area contributed by atoms with Gasteiger partial charge in [0.05, 0.1) is 5.60 Å². The molecule has 0 saturated carbocycles. The van der Waals surface area contributed by atoms with Crippen LogP contribution in [-0.2, 0) is 4.74 Å². The summed E-state index contributed by atoms with van der Waals surface area (Å²) in [6.07, 6.45) is 0. The van der Waals surface area contributed by atoms with E-state index in [0.717, 1.165) is 6.54 Å². The van der Waals surface area contributed by atoms with E-state index in [4.69, 9.17) is 4.74 Å². The minimum absolute atomic E-state index is 0.0524. The first-order valence-corrected chi connectivity index (χ1v) is 4.67. The summed E-state index contributed by atoms with van der Waals surface area (Å²) in [5.74, 6) is 0.678. The molecule has 0 fully saturated rings. The average molecular weight is 173 g/mol. The van der Waals surface area contributed by atoms with Crippen LogP contribution in [-0.4, -0.2) is 25.3 Å². The zero-order valence-corrected chi connectivity index (χ0v) is 9.27. The van der Waals surface area contributed by atoms with Gasteiger partial charge in [0, 0.05) is 19.7 Å². The quantitative estimate of drug-likeness (QED) is 0.687. The van der Waals surface area contributed by atoms with Crippen molar-refractivity contribution in [3.05, 3.63) is 0 Å². The van der Waals surface area contributed by atoms with Crippen molar-refractivity contribution in [1.82, 2.24) is 5.32 Å². The molecule has 0 radical (unpaired) electrons. The largest absolute Gasteiger partial charge is 0.377 e. The van der Waals surface area contributed by atoms with Gasteiger partial charge in [-0.05, 0) is 26.7 Å². The maximum absolute atomic E-state index is 5.31. The Hall–Kier alpha value is -0.0800. The minimum Gasteiger partial charge on any atom is -0.377 e. The lowest BCUT2D eigenvalue weighted by Gasteiger charge is -2.27. The molecule has 2 nitrogen and oxygen atoms in total. The number of rotatable bonds is 5. The normalized spacial score (nSPS) is 15.2. The molecule has 0 bridgehead atoms. The first kappa shape index (κ1) is 11.9. The molecule has 0 heterocycles. The maximum atomic E-state index is 5.31. The van der Waals surface area contributed by atoms with Gasteiger partial charge in [-0.1, -0.05) is 13.8 Å². The van der Waals surface area contributed by atoms with E-state index in [1.54, 1.807) is 7.11 Å². The number of methoxy groups -OCH3 is 1. The molecule has 2 heteroatoms. The second-order valence-corrected chi connectivity index (χ2v) is 4.38. The minimum atomic E-state index is -0.0524. The predicted molar refractivity (Wildman–Crippen MR) is 53.4 cm³/mol. The Bertz CT molecular complexity index is 121. The van der Waals surface area contributed by atoms with Crippen molar-refractivity contribution in [2.45, 2.75) is 46.3 Å².